The Balaban J connectivity index is 1.89. The van der Waals surface area contributed by atoms with Crippen molar-refractivity contribution in [2.24, 2.45) is 0 Å². The van der Waals surface area contributed by atoms with Crippen LogP contribution in [0.4, 0.5) is 24.8 Å². The number of rotatable bonds is 3. The van der Waals surface area contributed by atoms with Crippen molar-refractivity contribution >= 4 is 45.2 Å². The molecule has 4 aromatic rings. The molecule has 5 nitrogen and oxygen atoms in total. The average Bonchev–Trinajstić information content (AvgIpc) is 3.16. The first-order valence-electron chi connectivity index (χ1n) is 7.27. The van der Waals surface area contributed by atoms with E-state index >= 15 is 0 Å². The van der Waals surface area contributed by atoms with Crippen LogP contribution in [0.1, 0.15) is 0 Å². The van der Waals surface area contributed by atoms with Gasteiger partial charge in [0, 0.05) is 13.2 Å². The van der Waals surface area contributed by atoms with Gasteiger partial charge in [0.15, 0.2) is 17.5 Å². The van der Waals surface area contributed by atoms with E-state index in [-0.39, 0.29) is 27.6 Å². The summed E-state index contributed by atoms with van der Waals surface area (Å²) in [6.07, 6.45) is 1.48. The summed E-state index contributed by atoms with van der Waals surface area (Å²) in [5.74, 6) is -2.41. The van der Waals surface area contributed by atoms with Gasteiger partial charge in [-0.1, -0.05) is 11.6 Å². The zero-order valence-electron chi connectivity index (χ0n) is 12.8. The molecule has 0 aliphatic rings. The number of aromatic amines is 1. The summed E-state index contributed by atoms with van der Waals surface area (Å²) < 4.78 is 43.4. The van der Waals surface area contributed by atoms with Gasteiger partial charge in [-0.3, -0.25) is 0 Å². The number of aromatic nitrogens is 3. The second kappa shape index (κ2) is 5.59. The largest absolute Gasteiger partial charge is 0.359 e. The van der Waals surface area contributed by atoms with Crippen LogP contribution in [0.3, 0.4) is 0 Å². The molecule has 3 N–H and O–H groups in total. The van der Waals surface area contributed by atoms with E-state index in [1.807, 2.05) is 0 Å². The van der Waals surface area contributed by atoms with Gasteiger partial charge in [0.1, 0.15) is 5.52 Å². The van der Waals surface area contributed by atoms with Gasteiger partial charge in [-0.15, -0.1) is 0 Å². The topological polar surface area (TPSA) is 57.7 Å². The van der Waals surface area contributed by atoms with Crippen molar-refractivity contribution in [3.63, 3.8) is 0 Å². The molecule has 2 heterocycles. The zero-order chi connectivity index (χ0) is 17.7. The number of imidazole rings is 1. The Morgan fingerprint density at radius 3 is 2.68 bits per heavy atom. The molecule has 0 atom stereocenters. The van der Waals surface area contributed by atoms with Crippen LogP contribution in [0.2, 0.25) is 5.02 Å². The van der Waals surface area contributed by atoms with E-state index in [4.69, 9.17) is 11.6 Å². The van der Waals surface area contributed by atoms with E-state index in [0.29, 0.717) is 11.0 Å². The Bertz CT molecular complexity index is 1120. The molecule has 0 fully saturated rings. The molecule has 9 heteroatoms. The van der Waals surface area contributed by atoms with E-state index in [2.05, 4.69) is 20.7 Å². The zero-order valence-corrected chi connectivity index (χ0v) is 13.5. The van der Waals surface area contributed by atoms with Crippen molar-refractivity contribution in [3.8, 4) is 0 Å². The molecule has 0 spiro atoms. The van der Waals surface area contributed by atoms with Crippen molar-refractivity contribution in [1.82, 2.24) is 14.6 Å². The molecular weight excluding hydrogens is 355 g/mol. The Morgan fingerprint density at radius 1 is 1.12 bits per heavy atom. The minimum absolute atomic E-state index is 0.0493. The predicted octanol–water partition coefficient (Wildman–Crippen LogP) is 4.51. The van der Waals surface area contributed by atoms with Crippen LogP contribution in [0.15, 0.2) is 30.5 Å². The van der Waals surface area contributed by atoms with Gasteiger partial charge in [0.2, 0.25) is 5.95 Å². The molecule has 128 valence electrons. The van der Waals surface area contributed by atoms with Crippen LogP contribution in [0, 0.1) is 17.5 Å². The van der Waals surface area contributed by atoms with Crippen LogP contribution in [0.25, 0.3) is 21.9 Å². The lowest BCUT2D eigenvalue weighted by Crippen LogP contribution is -2.12. The van der Waals surface area contributed by atoms with E-state index in [9.17, 15) is 13.2 Å². The number of halogens is 4. The molecule has 0 bridgehead atoms. The molecule has 0 saturated carbocycles. The highest BCUT2D eigenvalue weighted by Gasteiger charge is 2.18. The summed E-state index contributed by atoms with van der Waals surface area (Å²) in [5.41, 5.74) is 4.04. The number of hydrogen-bond donors (Lipinski definition) is 3. The Labute approximate surface area is 144 Å². The van der Waals surface area contributed by atoms with Crippen LogP contribution in [-0.2, 0) is 0 Å². The molecule has 0 amide bonds. The van der Waals surface area contributed by atoms with Crippen LogP contribution in [-0.4, -0.2) is 21.7 Å². The van der Waals surface area contributed by atoms with Gasteiger partial charge in [-0.2, -0.15) is 0 Å². The van der Waals surface area contributed by atoms with Crippen molar-refractivity contribution in [2.75, 3.05) is 17.8 Å². The highest BCUT2D eigenvalue weighted by molar-refractivity contribution is 6.31. The molecule has 0 saturated heterocycles. The van der Waals surface area contributed by atoms with Gasteiger partial charge in [0.25, 0.3) is 0 Å². The monoisotopic (exact) mass is 365 g/mol. The van der Waals surface area contributed by atoms with E-state index in [1.165, 1.54) is 23.0 Å². The first-order valence-corrected chi connectivity index (χ1v) is 7.65. The number of H-pyrrole nitrogens is 1. The van der Waals surface area contributed by atoms with E-state index in [0.717, 1.165) is 6.07 Å². The van der Waals surface area contributed by atoms with E-state index in [1.54, 1.807) is 13.1 Å². The number of anilines is 2. The first-order chi connectivity index (χ1) is 12.0. The van der Waals surface area contributed by atoms with Crippen LogP contribution < -0.4 is 10.7 Å². The maximum absolute atomic E-state index is 14.2. The minimum Gasteiger partial charge on any atom is -0.359 e. The summed E-state index contributed by atoms with van der Waals surface area (Å²) >= 11 is 5.79. The van der Waals surface area contributed by atoms with Crippen molar-refractivity contribution < 1.29 is 13.2 Å². The fraction of sp³-hybridized carbons (Fsp3) is 0.0625. The molecule has 0 aliphatic heterocycles. The molecule has 0 aliphatic carbocycles. The quantitative estimate of drug-likeness (QED) is 0.501. The number of fused-ring (bicyclic) bond motifs is 2. The van der Waals surface area contributed by atoms with Gasteiger partial charge in [0.05, 0.1) is 27.1 Å². The summed E-state index contributed by atoms with van der Waals surface area (Å²) in [6, 6.07) is 5.49. The lowest BCUT2D eigenvalue weighted by Gasteiger charge is -2.09. The second-order valence-corrected chi connectivity index (χ2v) is 5.74. The smallest absolute Gasteiger partial charge is 0.227 e. The molecule has 2 aromatic carbocycles. The normalized spacial score (nSPS) is 11.4. The molecule has 25 heavy (non-hydrogen) atoms. The van der Waals surface area contributed by atoms with Gasteiger partial charge in [-0.05, 0) is 24.3 Å². The van der Waals surface area contributed by atoms with E-state index < -0.39 is 17.5 Å². The summed E-state index contributed by atoms with van der Waals surface area (Å²) in [4.78, 5) is 7.02. The number of benzene rings is 2. The van der Waals surface area contributed by atoms with Crippen molar-refractivity contribution in [2.45, 2.75) is 0 Å². The van der Waals surface area contributed by atoms with Crippen molar-refractivity contribution in [3.05, 3.63) is 52.9 Å². The molecule has 0 radical (unpaired) electrons. The molecule has 2 aromatic heterocycles. The van der Waals surface area contributed by atoms with Crippen LogP contribution >= 0.6 is 11.6 Å². The lowest BCUT2D eigenvalue weighted by molar-refractivity contribution is 0.517. The Kier molecular flexibility index (Phi) is 3.50. The maximum atomic E-state index is 14.2. The van der Waals surface area contributed by atoms with Gasteiger partial charge < -0.3 is 15.7 Å². The highest BCUT2D eigenvalue weighted by atomic mass is 35.5. The highest BCUT2D eigenvalue weighted by Crippen LogP contribution is 2.32. The summed E-state index contributed by atoms with van der Waals surface area (Å²) in [6.45, 7) is 0. The fourth-order valence-electron chi connectivity index (χ4n) is 2.77. The SMILES string of the molecule is CNn1c(Nc2c[nH]c3ccc(F)c(F)c23)nc2c(F)c(Cl)ccc21. The number of hydrogen-bond acceptors (Lipinski definition) is 3. The third-order valence-corrected chi connectivity index (χ3v) is 4.22. The van der Waals surface area contributed by atoms with Crippen molar-refractivity contribution in [1.29, 1.82) is 0 Å². The standard InChI is InChI=1S/C16H11ClF3N5/c1-21-25-11-5-2-7(17)13(19)15(11)24-16(25)23-10-6-22-9-4-3-8(18)14(20)12(9)10/h2-6,21-22H,1H3,(H,23,24). The predicted molar refractivity (Wildman–Crippen MR) is 91.5 cm³/mol. The second-order valence-electron chi connectivity index (χ2n) is 5.33. The average molecular weight is 366 g/mol. The maximum Gasteiger partial charge on any atom is 0.227 e. The molecule has 4 rings (SSSR count). The third kappa shape index (κ3) is 2.29. The molecule has 0 unspecified atom stereocenters. The number of nitrogens with zero attached hydrogens (tertiary/aromatic N) is 2. The Morgan fingerprint density at radius 2 is 1.92 bits per heavy atom. The molecular formula is C16H11ClF3N5. The van der Waals surface area contributed by atoms with Gasteiger partial charge >= 0.3 is 0 Å². The minimum atomic E-state index is -0.984. The van der Waals surface area contributed by atoms with Crippen LogP contribution in [0.5, 0.6) is 0 Å². The third-order valence-electron chi connectivity index (χ3n) is 3.92. The Hall–Kier alpha value is -2.87. The fourth-order valence-corrected chi connectivity index (χ4v) is 2.92. The first kappa shape index (κ1) is 15.6. The number of nitrogens with one attached hydrogen (secondary N) is 3. The summed E-state index contributed by atoms with van der Waals surface area (Å²) in [7, 11) is 1.62. The summed E-state index contributed by atoms with van der Waals surface area (Å²) in [5, 5.41) is 2.89. The van der Waals surface area contributed by atoms with Gasteiger partial charge in [-0.25, -0.2) is 22.8 Å². The lowest BCUT2D eigenvalue weighted by atomic mass is 10.2.